The molecular formula is C20H24FNO4S. The maximum atomic E-state index is 13.1. The highest BCUT2D eigenvalue weighted by Crippen LogP contribution is 2.18. The molecule has 1 amide bonds. The highest BCUT2D eigenvalue weighted by Gasteiger charge is 2.15. The first-order valence-electron chi connectivity index (χ1n) is 8.86. The summed E-state index contributed by atoms with van der Waals surface area (Å²) in [5, 5.41) is 0. The Morgan fingerprint density at radius 1 is 0.963 bits per heavy atom. The van der Waals surface area contributed by atoms with Crippen LogP contribution in [0.15, 0.2) is 48.5 Å². The largest absolute Gasteiger partial charge is 0.382 e. The fraction of sp³-hybridized carbons (Fsp3) is 0.350. The van der Waals surface area contributed by atoms with E-state index in [0.29, 0.717) is 19.5 Å². The van der Waals surface area contributed by atoms with Crippen LogP contribution in [0.1, 0.15) is 37.8 Å². The van der Waals surface area contributed by atoms with Crippen LogP contribution >= 0.6 is 0 Å². The lowest BCUT2D eigenvalue weighted by Gasteiger charge is -2.23. The first kappa shape index (κ1) is 20.9. The Balaban J connectivity index is 2.12. The van der Waals surface area contributed by atoms with E-state index in [0.717, 1.165) is 17.5 Å². The molecule has 146 valence electrons. The van der Waals surface area contributed by atoms with Crippen molar-refractivity contribution in [2.24, 2.45) is 0 Å². The van der Waals surface area contributed by atoms with E-state index in [4.69, 9.17) is 4.18 Å². The first-order chi connectivity index (χ1) is 12.8. The average Bonchev–Trinajstić information content (AvgIpc) is 2.64. The van der Waals surface area contributed by atoms with Gasteiger partial charge in [-0.2, -0.15) is 8.42 Å². The molecule has 0 fully saturated rings. The lowest BCUT2D eigenvalue weighted by Crippen LogP contribution is -2.29. The van der Waals surface area contributed by atoms with Crippen molar-refractivity contribution in [1.29, 1.82) is 0 Å². The summed E-state index contributed by atoms with van der Waals surface area (Å²) in [6.45, 7) is 4.20. The van der Waals surface area contributed by atoms with E-state index < -0.39 is 10.1 Å². The quantitative estimate of drug-likeness (QED) is 0.607. The predicted molar refractivity (Wildman–Crippen MR) is 102 cm³/mol. The fourth-order valence-corrected chi connectivity index (χ4v) is 3.01. The van der Waals surface area contributed by atoms with E-state index in [2.05, 4.69) is 0 Å². The smallest absolute Gasteiger partial charge is 0.308 e. The molecule has 0 spiro atoms. The van der Waals surface area contributed by atoms with Crippen LogP contribution < -0.4 is 4.18 Å². The predicted octanol–water partition coefficient (Wildman–Crippen LogP) is 3.88. The third kappa shape index (κ3) is 6.67. The number of carbonyl (C=O) groups excluding carboxylic acids is 1. The van der Waals surface area contributed by atoms with Crippen LogP contribution in [0.2, 0.25) is 0 Å². The van der Waals surface area contributed by atoms with Crippen LogP contribution in [0.5, 0.6) is 5.75 Å². The van der Waals surface area contributed by atoms with Gasteiger partial charge in [0.15, 0.2) is 0 Å². The number of halogens is 1. The van der Waals surface area contributed by atoms with Crippen molar-refractivity contribution in [1.82, 2.24) is 4.90 Å². The van der Waals surface area contributed by atoms with E-state index >= 15 is 0 Å². The molecule has 0 N–H and O–H groups in total. The molecule has 5 nitrogen and oxygen atoms in total. The highest BCUT2D eigenvalue weighted by molar-refractivity contribution is 7.87. The van der Waals surface area contributed by atoms with Gasteiger partial charge >= 0.3 is 10.1 Å². The minimum absolute atomic E-state index is 0.00992. The van der Waals surface area contributed by atoms with E-state index in [9.17, 15) is 17.6 Å². The van der Waals surface area contributed by atoms with E-state index in [1.807, 2.05) is 6.92 Å². The Labute approximate surface area is 159 Å². The summed E-state index contributed by atoms with van der Waals surface area (Å²) >= 11 is 0. The number of hydrogen-bond donors (Lipinski definition) is 0. The average molecular weight is 393 g/mol. The number of benzene rings is 2. The zero-order chi connectivity index (χ0) is 19.9. The molecule has 2 aromatic rings. The summed E-state index contributed by atoms with van der Waals surface area (Å²) < 4.78 is 41.1. The molecule has 0 unspecified atom stereocenters. The van der Waals surface area contributed by atoms with Gasteiger partial charge in [-0.05, 0) is 48.7 Å². The van der Waals surface area contributed by atoms with Gasteiger partial charge in [-0.15, -0.1) is 0 Å². The molecule has 0 saturated carbocycles. The highest BCUT2D eigenvalue weighted by atomic mass is 32.2. The second-order valence-corrected chi connectivity index (χ2v) is 8.06. The van der Waals surface area contributed by atoms with Crippen molar-refractivity contribution in [3.63, 3.8) is 0 Å². The van der Waals surface area contributed by atoms with Crippen LogP contribution in [-0.4, -0.2) is 25.0 Å². The van der Waals surface area contributed by atoms with E-state index in [-0.39, 0.29) is 23.2 Å². The second-order valence-electron chi connectivity index (χ2n) is 6.20. The Morgan fingerprint density at radius 3 is 1.96 bits per heavy atom. The second kappa shape index (κ2) is 9.50. The number of nitrogens with zero attached hydrogens (tertiary/aromatic N) is 1. The SMILES string of the molecule is CCCC(=O)N(Cc1ccc(F)cc1)Cc1ccc(OS(=O)(=O)CC)cc1. The van der Waals surface area contributed by atoms with Crippen molar-refractivity contribution in [2.45, 2.75) is 39.8 Å². The van der Waals surface area contributed by atoms with Crippen LogP contribution in [-0.2, 0) is 28.0 Å². The molecule has 27 heavy (non-hydrogen) atoms. The number of hydrogen-bond acceptors (Lipinski definition) is 4. The van der Waals surface area contributed by atoms with Crippen LogP contribution in [0, 0.1) is 5.82 Å². The molecule has 7 heteroatoms. The molecule has 0 aliphatic rings. The molecular weight excluding hydrogens is 369 g/mol. The molecule has 0 heterocycles. The van der Waals surface area contributed by atoms with Gasteiger partial charge in [0.25, 0.3) is 0 Å². The summed E-state index contributed by atoms with van der Waals surface area (Å²) in [7, 11) is -3.57. The zero-order valence-electron chi connectivity index (χ0n) is 15.5. The summed E-state index contributed by atoms with van der Waals surface area (Å²) in [5.74, 6) is -0.171. The molecule has 0 aliphatic heterocycles. The normalized spacial score (nSPS) is 11.2. The van der Waals surface area contributed by atoms with Gasteiger partial charge in [0, 0.05) is 19.5 Å². The Kier molecular flexibility index (Phi) is 7.36. The standard InChI is InChI=1S/C20H24FNO4S/c1-3-5-20(23)22(14-16-6-10-18(21)11-7-16)15-17-8-12-19(13-9-17)26-27(24,25)4-2/h6-13H,3-5,14-15H2,1-2H3. The molecule has 0 aliphatic carbocycles. The summed E-state index contributed by atoms with van der Waals surface area (Å²) in [5.41, 5.74) is 1.69. The molecule has 0 bridgehead atoms. The molecule has 0 saturated heterocycles. The topological polar surface area (TPSA) is 63.7 Å². The maximum Gasteiger partial charge on any atom is 0.308 e. The lowest BCUT2D eigenvalue weighted by molar-refractivity contribution is -0.132. The van der Waals surface area contributed by atoms with Gasteiger partial charge in [0.05, 0.1) is 5.75 Å². The Bertz CT molecular complexity index is 849. The van der Waals surface area contributed by atoms with Gasteiger partial charge in [-0.25, -0.2) is 4.39 Å². The third-order valence-electron chi connectivity index (χ3n) is 3.98. The summed E-state index contributed by atoms with van der Waals surface area (Å²) in [6, 6.07) is 12.7. The van der Waals surface area contributed by atoms with Crippen molar-refractivity contribution in [2.75, 3.05) is 5.75 Å². The Morgan fingerprint density at radius 2 is 1.48 bits per heavy atom. The monoisotopic (exact) mass is 393 g/mol. The van der Waals surface area contributed by atoms with Crippen molar-refractivity contribution in [3.8, 4) is 5.75 Å². The maximum absolute atomic E-state index is 13.1. The van der Waals surface area contributed by atoms with Crippen molar-refractivity contribution < 1.29 is 21.8 Å². The van der Waals surface area contributed by atoms with Gasteiger partial charge in [-0.3, -0.25) is 4.79 Å². The van der Waals surface area contributed by atoms with Crippen LogP contribution in [0.4, 0.5) is 4.39 Å². The van der Waals surface area contributed by atoms with Crippen LogP contribution in [0.3, 0.4) is 0 Å². The van der Waals surface area contributed by atoms with E-state index in [1.54, 1.807) is 41.3 Å². The fourth-order valence-electron chi connectivity index (χ4n) is 2.49. The minimum Gasteiger partial charge on any atom is -0.382 e. The lowest BCUT2D eigenvalue weighted by atomic mass is 10.1. The number of amides is 1. The molecule has 0 radical (unpaired) electrons. The van der Waals surface area contributed by atoms with Crippen molar-refractivity contribution >= 4 is 16.0 Å². The molecule has 0 atom stereocenters. The molecule has 2 rings (SSSR count). The van der Waals surface area contributed by atoms with Crippen LogP contribution in [0.25, 0.3) is 0 Å². The van der Waals surface area contributed by atoms with Gasteiger partial charge in [-0.1, -0.05) is 31.2 Å². The van der Waals surface area contributed by atoms with E-state index in [1.165, 1.54) is 19.1 Å². The first-order valence-corrected chi connectivity index (χ1v) is 10.4. The van der Waals surface area contributed by atoms with Gasteiger partial charge < -0.3 is 9.08 Å². The van der Waals surface area contributed by atoms with Gasteiger partial charge in [0.1, 0.15) is 11.6 Å². The molecule has 0 aromatic heterocycles. The van der Waals surface area contributed by atoms with Crippen molar-refractivity contribution in [3.05, 3.63) is 65.5 Å². The number of rotatable bonds is 9. The van der Waals surface area contributed by atoms with Gasteiger partial charge in [0.2, 0.25) is 5.91 Å². The third-order valence-corrected chi connectivity index (χ3v) is 5.13. The number of carbonyl (C=O) groups is 1. The summed E-state index contributed by atoms with van der Waals surface area (Å²) in [4.78, 5) is 14.2. The Hall–Kier alpha value is -2.41. The minimum atomic E-state index is -3.57. The summed E-state index contributed by atoms with van der Waals surface area (Å²) in [6.07, 6.45) is 1.16. The molecule has 2 aromatic carbocycles. The zero-order valence-corrected chi connectivity index (χ0v) is 16.3.